The van der Waals surface area contributed by atoms with Crippen molar-refractivity contribution in [2.75, 3.05) is 6.54 Å². The van der Waals surface area contributed by atoms with Gasteiger partial charge in [-0.2, -0.15) is 5.10 Å². The minimum atomic E-state index is -0.415. The smallest absolute Gasteiger partial charge is 0.220 e. The molecule has 0 bridgehead atoms. The minimum absolute atomic E-state index is 0.0249. The third-order valence-electron chi connectivity index (χ3n) is 2.01. The first-order valence-corrected chi connectivity index (χ1v) is 5.10. The molecule has 1 heterocycles. The van der Waals surface area contributed by atoms with Gasteiger partial charge in [0.05, 0.1) is 12.6 Å². The molecule has 1 aromatic rings. The SMILES string of the molecule is CC(O)CCC(=O)NCCn1cccn1. The lowest BCUT2D eigenvalue weighted by molar-refractivity contribution is -0.121. The monoisotopic (exact) mass is 211 g/mol. The lowest BCUT2D eigenvalue weighted by atomic mass is 10.2. The highest BCUT2D eigenvalue weighted by molar-refractivity contribution is 5.75. The average molecular weight is 211 g/mol. The second-order valence-corrected chi connectivity index (χ2v) is 3.51. The molecule has 84 valence electrons. The van der Waals surface area contributed by atoms with Crippen molar-refractivity contribution in [1.29, 1.82) is 0 Å². The number of amides is 1. The van der Waals surface area contributed by atoms with Gasteiger partial charge in [-0.15, -0.1) is 0 Å². The molecule has 0 saturated heterocycles. The molecule has 0 aromatic carbocycles. The van der Waals surface area contributed by atoms with Crippen LogP contribution < -0.4 is 5.32 Å². The molecule has 0 spiro atoms. The van der Waals surface area contributed by atoms with Crippen LogP contribution in [-0.4, -0.2) is 33.4 Å². The van der Waals surface area contributed by atoms with Crippen LogP contribution in [0.2, 0.25) is 0 Å². The van der Waals surface area contributed by atoms with Crippen LogP contribution in [-0.2, 0) is 11.3 Å². The topological polar surface area (TPSA) is 67.2 Å². The molecule has 0 fully saturated rings. The van der Waals surface area contributed by atoms with Crippen LogP contribution in [0.25, 0.3) is 0 Å². The molecule has 0 aliphatic heterocycles. The fourth-order valence-electron chi connectivity index (χ4n) is 1.17. The van der Waals surface area contributed by atoms with Crippen molar-refractivity contribution in [3.8, 4) is 0 Å². The number of aliphatic hydroxyl groups excluding tert-OH is 1. The Bertz CT molecular complexity index is 283. The van der Waals surface area contributed by atoms with Gasteiger partial charge in [0.2, 0.25) is 5.91 Å². The molecular formula is C10H17N3O2. The van der Waals surface area contributed by atoms with Crippen LogP contribution in [0, 0.1) is 0 Å². The summed E-state index contributed by atoms with van der Waals surface area (Å²) in [5.41, 5.74) is 0. The van der Waals surface area contributed by atoms with Crippen LogP contribution in [0.5, 0.6) is 0 Å². The van der Waals surface area contributed by atoms with Crippen molar-refractivity contribution in [3.63, 3.8) is 0 Å². The molecule has 0 aliphatic rings. The van der Waals surface area contributed by atoms with Crippen molar-refractivity contribution < 1.29 is 9.90 Å². The highest BCUT2D eigenvalue weighted by Gasteiger charge is 2.03. The summed E-state index contributed by atoms with van der Waals surface area (Å²) in [6, 6.07) is 1.84. The Balaban J connectivity index is 2.07. The zero-order chi connectivity index (χ0) is 11.1. The third-order valence-corrected chi connectivity index (χ3v) is 2.01. The van der Waals surface area contributed by atoms with E-state index >= 15 is 0 Å². The number of hydrogen-bond donors (Lipinski definition) is 2. The van der Waals surface area contributed by atoms with E-state index in [-0.39, 0.29) is 5.91 Å². The summed E-state index contributed by atoms with van der Waals surface area (Å²) in [7, 11) is 0. The fraction of sp³-hybridized carbons (Fsp3) is 0.600. The van der Waals surface area contributed by atoms with Gasteiger partial charge in [-0.1, -0.05) is 0 Å². The number of aliphatic hydroxyl groups is 1. The summed E-state index contributed by atoms with van der Waals surface area (Å²) in [5.74, 6) is -0.0249. The number of nitrogens with zero attached hydrogens (tertiary/aromatic N) is 2. The maximum Gasteiger partial charge on any atom is 0.220 e. The summed E-state index contributed by atoms with van der Waals surface area (Å²) in [5, 5.41) is 15.8. The van der Waals surface area contributed by atoms with Crippen molar-refractivity contribution in [1.82, 2.24) is 15.1 Å². The molecule has 0 radical (unpaired) electrons. The van der Waals surface area contributed by atoms with E-state index in [1.807, 2.05) is 12.3 Å². The minimum Gasteiger partial charge on any atom is -0.393 e. The summed E-state index contributed by atoms with van der Waals surface area (Å²) in [6.45, 7) is 2.92. The standard InChI is InChI=1S/C10H17N3O2/c1-9(14)3-4-10(15)11-6-8-13-7-2-5-12-13/h2,5,7,9,14H,3-4,6,8H2,1H3,(H,11,15). The maximum absolute atomic E-state index is 11.2. The van der Waals surface area contributed by atoms with Crippen LogP contribution in [0.4, 0.5) is 0 Å². The second-order valence-electron chi connectivity index (χ2n) is 3.51. The van der Waals surface area contributed by atoms with Crippen LogP contribution in [0.1, 0.15) is 19.8 Å². The molecule has 1 rings (SSSR count). The quantitative estimate of drug-likeness (QED) is 0.704. The van der Waals surface area contributed by atoms with E-state index in [1.165, 1.54) is 0 Å². The Morgan fingerprint density at radius 3 is 3.07 bits per heavy atom. The zero-order valence-electron chi connectivity index (χ0n) is 8.89. The lowest BCUT2D eigenvalue weighted by Gasteiger charge is -2.06. The van der Waals surface area contributed by atoms with E-state index in [9.17, 15) is 4.79 Å². The average Bonchev–Trinajstić information content (AvgIpc) is 2.67. The first-order valence-electron chi connectivity index (χ1n) is 5.10. The molecule has 0 saturated carbocycles. The molecule has 1 aromatic heterocycles. The summed E-state index contributed by atoms with van der Waals surface area (Å²) in [4.78, 5) is 11.2. The van der Waals surface area contributed by atoms with Crippen molar-refractivity contribution in [2.24, 2.45) is 0 Å². The molecule has 5 nitrogen and oxygen atoms in total. The normalized spacial score (nSPS) is 12.4. The zero-order valence-corrected chi connectivity index (χ0v) is 8.89. The lowest BCUT2D eigenvalue weighted by Crippen LogP contribution is -2.27. The largest absolute Gasteiger partial charge is 0.393 e. The van der Waals surface area contributed by atoms with E-state index in [0.717, 1.165) is 0 Å². The molecule has 15 heavy (non-hydrogen) atoms. The van der Waals surface area contributed by atoms with Crippen LogP contribution >= 0.6 is 0 Å². The summed E-state index contributed by atoms with van der Waals surface area (Å²) < 4.78 is 1.76. The Morgan fingerprint density at radius 2 is 2.47 bits per heavy atom. The number of rotatable bonds is 6. The number of hydrogen-bond acceptors (Lipinski definition) is 3. The van der Waals surface area contributed by atoms with Gasteiger partial charge in [-0.3, -0.25) is 9.48 Å². The second kappa shape index (κ2) is 6.19. The predicted molar refractivity (Wildman–Crippen MR) is 56.2 cm³/mol. The van der Waals surface area contributed by atoms with Gasteiger partial charge in [-0.25, -0.2) is 0 Å². The number of nitrogens with one attached hydrogen (secondary N) is 1. The number of aromatic nitrogens is 2. The van der Waals surface area contributed by atoms with Gasteiger partial charge in [0.1, 0.15) is 0 Å². The highest BCUT2D eigenvalue weighted by atomic mass is 16.3. The maximum atomic E-state index is 11.2. The van der Waals surface area contributed by atoms with Crippen LogP contribution in [0.3, 0.4) is 0 Å². The van der Waals surface area contributed by atoms with Crippen LogP contribution in [0.15, 0.2) is 18.5 Å². The van der Waals surface area contributed by atoms with Gasteiger partial charge in [-0.05, 0) is 19.4 Å². The van der Waals surface area contributed by atoms with E-state index in [2.05, 4.69) is 10.4 Å². The third kappa shape index (κ3) is 5.17. The molecule has 1 unspecified atom stereocenters. The number of carbonyl (C=O) groups is 1. The van der Waals surface area contributed by atoms with Gasteiger partial charge < -0.3 is 10.4 Å². The first-order chi connectivity index (χ1) is 7.18. The van der Waals surface area contributed by atoms with E-state index in [1.54, 1.807) is 17.8 Å². The Kier molecular flexibility index (Phi) is 4.83. The summed E-state index contributed by atoms with van der Waals surface area (Å²) >= 11 is 0. The Hall–Kier alpha value is -1.36. The Morgan fingerprint density at radius 1 is 1.67 bits per heavy atom. The molecular weight excluding hydrogens is 194 g/mol. The molecule has 0 aliphatic carbocycles. The highest BCUT2D eigenvalue weighted by Crippen LogP contribution is 1.94. The molecule has 2 N–H and O–H groups in total. The van der Waals surface area contributed by atoms with Gasteiger partial charge in [0, 0.05) is 25.4 Å². The summed E-state index contributed by atoms with van der Waals surface area (Å²) in [6.07, 6.45) is 4.02. The van der Waals surface area contributed by atoms with E-state index in [4.69, 9.17) is 5.11 Å². The molecule has 1 atom stereocenters. The fourth-order valence-corrected chi connectivity index (χ4v) is 1.17. The van der Waals surface area contributed by atoms with Gasteiger partial charge >= 0.3 is 0 Å². The Labute approximate surface area is 89.1 Å². The molecule has 1 amide bonds. The molecule has 5 heteroatoms. The van der Waals surface area contributed by atoms with Crippen molar-refractivity contribution >= 4 is 5.91 Å². The predicted octanol–water partition coefficient (Wildman–Crippen LogP) is 0.160. The van der Waals surface area contributed by atoms with Crippen molar-refractivity contribution in [3.05, 3.63) is 18.5 Å². The van der Waals surface area contributed by atoms with Gasteiger partial charge in [0.25, 0.3) is 0 Å². The van der Waals surface area contributed by atoms with Crippen molar-refractivity contribution in [2.45, 2.75) is 32.4 Å². The van der Waals surface area contributed by atoms with E-state index < -0.39 is 6.10 Å². The van der Waals surface area contributed by atoms with Gasteiger partial charge in [0.15, 0.2) is 0 Å². The first kappa shape index (κ1) is 11.7. The number of carbonyl (C=O) groups excluding carboxylic acids is 1. The van der Waals surface area contributed by atoms with E-state index in [0.29, 0.717) is 25.9 Å².